The van der Waals surface area contributed by atoms with E-state index in [1.165, 1.54) is 11.1 Å². The molecule has 0 bridgehead atoms. The first-order chi connectivity index (χ1) is 6.13. The molecule has 14 heavy (non-hydrogen) atoms. The van der Waals surface area contributed by atoms with Crippen LogP contribution in [0.15, 0.2) is 16.9 Å². The Bertz CT molecular complexity index is 198. The third kappa shape index (κ3) is 3.99. The van der Waals surface area contributed by atoms with Crippen LogP contribution in [0.25, 0.3) is 0 Å². The highest BCUT2D eigenvalue weighted by molar-refractivity contribution is 5.26. The molecule has 0 N–H and O–H groups in total. The highest BCUT2D eigenvalue weighted by Crippen LogP contribution is 2.26. The molecule has 0 amide bonds. The van der Waals surface area contributed by atoms with E-state index in [2.05, 4.69) is 27.7 Å². The fourth-order valence-corrected chi connectivity index (χ4v) is 1.26. The van der Waals surface area contributed by atoms with Gasteiger partial charge in [0.15, 0.2) is 0 Å². The minimum absolute atomic E-state index is 0. The van der Waals surface area contributed by atoms with E-state index in [9.17, 15) is 0 Å². The maximum Gasteiger partial charge on any atom is 0.0940 e. The van der Waals surface area contributed by atoms with Gasteiger partial charge in [-0.1, -0.05) is 49.0 Å². The Morgan fingerprint density at radius 2 is 1.14 bits per heavy atom. The number of hydrogen-bond donors (Lipinski definition) is 0. The monoisotopic (exact) mass is 198 g/mol. The van der Waals surface area contributed by atoms with Gasteiger partial charge in [-0.15, -0.1) is 0 Å². The van der Waals surface area contributed by atoms with Crippen molar-refractivity contribution in [2.75, 3.05) is 0 Å². The fraction of sp³-hybridized carbons (Fsp3) is 0.692. The molecule has 0 aliphatic rings. The van der Waals surface area contributed by atoms with Crippen LogP contribution in [0.3, 0.4) is 0 Å². The quantitative estimate of drug-likeness (QED) is 0.637. The van der Waals surface area contributed by atoms with Crippen molar-refractivity contribution in [3.05, 3.63) is 23.7 Å². The Hall–Kier alpha value is -0.720. The van der Waals surface area contributed by atoms with Crippen molar-refractivity contribution in [2.45, 2.75) is 60.8 Å². The molecule has 0 fully saturated rings. The highest BCUT2D eigenvalue weighted by atomic mass is 16.3. The molecule has 1 rings (SSSR count). The van der Waals surface area contributed by atoms with E-state index < -0.39 is 0 Å². The molecule has 1 aromatic rings. The Morgan fingerprint density at radius 1 is 0.857 bits per heavy atom. The summed E-state index contributed by atoms with van der Waals surface area (Å²) >= 11 is 0. The van der Waals surface area contributed by atoms with Gasteiger partial charge in [0.05, 0.1) is 12.5 Å². The summed E-state index contributed by atoms with van der Waals surface area (Å²) in [5, 5.41) is 0. The van der Waals surface area contributed by atoms with E-state index in [1.54, 1.807) is 0 Å². The van der Waals surface area contributed by atoms with Gasteiger partial charge in [0.1, 0.15) is 0 Å². The van der Waals surface area contributed by atoms with Crippen LogP contribution in [-0.2, 0) is 0 Å². The van der Waals surface area contributed by atoms with Crippen LogP contribution >= 0.6 is 0 Å². The number of furan rings is 1. The third-order valence-electron chi connectivity index (χ3n) is 1.97. The fourth-order valence-electron chi connectivity index (χ4n) is 1.26. The lowest BCUT2D eigenvalue weighted by Crippen LogP contribution is -1.93. The average molecular weight is 198 g/mol. The van der Waals surface area contributed by atoms with Gasteiger partial charge in [-0.3, -0.25) is 0 Å². The Morgan fingerprint density at radius 3 is 1.36 bits per heavy atom. The zero-order valence-electron chi connectivity index (χ0n) is 9.72. The van der Waals surface area contributed by atoms with E-state index in [1.807, 2.05) is 26.4 Å². The summed E-state index contributed by atoms with van der Waals surface area (Å²) in [6.07, 6.45) is 3.72. The summed E-state index contributed by atoms with van der Waals surface area (Å²) < 4.78 is 5.17. The van der Waals surface area contributed by atoms with Gasteiger partial charge in [0, 0.05) is 0 Å². The lowest BCUT2D eigenvalue weighted by Gasteiger charge is -2.07. The minimum Gasteiger partial charge on any atom is -0.472 e. The maximum absolute atomic E-state index is 5.17. The second-order valence-electron chi connectivity index (χ2n) is 3.59. The van der Waals surface area contributed by atoms with Crippen LogP contribution < -0.4 is 0 Å². The molecule has 1 heteroatoms. The van der Waals surface area contributed by atoms with Gasteiger partial charge in [-0.25, -0.2) is 0 Å². The van der Waals surface area contributed by atoms with Crippen molar-refractivity contribution >= 4 is 0 Å². The number of rotatable bonds is 2. The maximum atomic E-state index is 5.17. The van der Waals surface area contributed by atoms with Crippen molar-refractivity contribution in [1.82, 2.24) is 0 Å². The van der Waals surface area contributed by atoms with Gasteiger partial charge in [0.2, 0.25) is 0 Å². The lowest BCUT2D eigenvalue weighted by atomic mass is 9.95. The lowest BCUT2D eigenvalue weighted by molar-refractivity contribution is 0.558. The van der Waals surface area contributed by atoms with Crippen LogP contribution in [-0.4, -0.2) is 0 Å². The molecule has 0 radical (unpaired) electrons. The van der Waals surface area contributed by atoms with E-state index in [4.69, 9.17) is 4.42 Å². The molecule has 1 aromatic heterocycles. The Balaban J connectivity index is 0. The average Bonchev–Trinajstić information content (AvgIpc) is 2.55. The van der Waals surface area contributed by atoms with Crippen molar-refractivity contribution in [3.63, 3.8) is 0 Å². The zero-order chi connectivity index (χ0) is 10.4. The molecule has 0 spiro atoms. The first-order valence-electron chi connectivity index (χ1n) is 5.19. The number of hydrogen-bond acceptors (Lipinski definition) is 1. The molecular formula is C13H26O. The highest BCUT2D eigenvalue weighted by Gasteiger charge is 2.11. The smallest absolute Gasteiger partial charge is 0.0940 e. The van der Waals surface area contributed by atoms with Crippen molar-refractivity contribution in [1.29, 1.82) is 0 Å². The first kappa shape index (κ1) is 15.7. The normalized spacial score (nSPS) is 9.43. The first-order valence-corrected chi connectivity index (χ1v) is 5.19. The molecule has 0 unspecified atom stereocenters. The van der Waals surface area contributed by atoms with Gasteiger partial charge in [-0.2, -0.15) is 0 Å². The predicted octanol–water partition coefficient (Wildman–Crippen LogP) is 5.19. The molecule has 1 heterocycles. The standard InChI is InChI=1S/C10H16O.C2H6.CH4/c1-7(2)9-5-11-6-10(9)8(3)4;1-2;/h5-8H,1-4H3;1-2H3;1H4. The summed E-state index contributed by atoms with van der Waals surface area (Å²) in [5.74, 6) is 1.15. The molecule has 0 aromatic carbocycles. The summed E-state index contributed by atoms with van der Waals surface area (Å²) in [6, 6.07) is 0. The molecular weight excluding hydrogens is 172 g/mol. The SMILES string of the molecule is C.CC.CC(C)c1cocc1C(C)C. The van der Waals surface area contributed by atoms with Gasteiger partial charge >= 0.3 is 0 Å². The van der Waals surface area contributed by atoms with Crippen LogP contribution in [0, 0.1) is 0 Å². The summed E-state index contributed by atoms with van der Waals surface area (Å²) in [4.78, 5) is 0. The van der Waals surface area contributed by atoms with Crippen LogP contribution in [0.4, 0.5) is 0 Å². The van der Waals surface area contributed by atoms with Crippen molar-refractivity contribution in [2.24, 2.45) is 0 Å². The minimum atomic E-state index is 0. The summed E-state index contributed by atoms with van der Waals surface area (Å²) in [6.45, 7) is 12.8. The van der Waals surface area contributed by atoms with Gasteiger partial charge in [-0.05, 0) is 23.0 Å². The predicted molar refractivity (Wildman–Crippen MR) is 65.0 cm³/mol. The molecule has 0 atom stereocenters. The van der Waals surface area contributed by atoms with Gasteiger partial charge in [0.25, 0.3) is 0 Å². The second-order valence-corrected chi connectivity index (χ2v) is 3.59. The Kier molecular flexibility index (Phi) is 8.61. The van der Waals surface area contributed by atoms with E-state index >= 15 is 0 Å². The molecule has 0 aliphatic carbocycles. The third-order valence-corrected chi connectivity index (χ3v) is 1.97. The van der Waals surface area contributed by atoms with Gasteiger partial charge < -0.3 is 4.42 Å². The summed E-state index contributed by atoms with van der Waals surface area (Å²) in [7, 11) is 0. The summed E-state index contributed by atoms with van der Waals surface area (Å²) in [5.41, 5.74) is 2.69. The van der Waals surface area contributed by atoms with E-state index in [0.717, 1.165) is 0 Å². The van der Waals surface area contributed by atoms with Crippen LogP contribution in [0.5, 0.6) is 0 Å². The molecule has 0 aliphatic heterocycles. The zero-order valence-corrected chi connectivity index (χ0v) is 9.72. The van der Waals surface area contributed by atoms with Crippen molar-refractivity contribution in [3.8, 4) is 0 Å². The molecule has 0 saturated heterocycles. The Labute approximate surface area is 89.5 Å². The molecule has 0 saturated carbocycles. The van der Waals surface area contributed by atoms with E-state index in [0.29, 0.717) is 11.8 Å². The topological polar surface area (TPSA) is 13.1 Å². The second kappa shape index (κ2) is 7.66. The molecule has 1 nitrogen and oxygen atoms in total. The van der Waals surface area contributed by atoms with Crippen molar-refractivity contribution < 1.29 is 4.42 Å². The largest absolute Gasteiger partial charge is 0.472 e. The van der Waals surface area contributed by atoms with Crippen LogP contribution in [0.2, 0.25) is 0 Å². The van der Waals surface area contributed by atoms with E-state index in [-0.39, 0.29) is 7.43 Å². The molecule has 84 valence electrons. The van der Waals surface area contributed by atoms with Crippen LogP contribution in [0.1, 0.15) is 71.9 Å².